The van der Waals surface area contributed by atoms with Crippen LogP contribution in [-0.4, -0.2) is 17.0 Å². The van der Waals surface area contributed by atoms with E-state index in [0.717, 1.165) is 42.0 Å². The lowest BCUT2D eigenvalue weighted by Gasteiger charge is -2.12. The third-order valence-electron chi connectivity index (χ3n) is 3.85. The molecule has 1 N–H and O–H groups in total. The molecular weight excluding hydrogens is 260 g/mol. The van der Waals surface area contributed by atoms with E-state index in [1.165, 1.54) is 5.56 Å². The van der Waals surface area contributed by atoms with Crippen LogP contribution in [-0.2, 0) is 0 Å². The zero-order valence-corrected chi connectivity index (χ0v) is 13.4. The highest BCUT2D eigenvalue weighted by atomic mass is 16.1. The maximum atomic E-state index is 12.3. The molecule has 0 bridgehead atoms. The number of amides is 1. The third-order valence-corrected chi connectivity index (χ3v) is 3.85. The van der Waals surface area contributed by atoms with Crippen molar-refractivity contribution < 1.29 is 4.79 Å². The van der Waals surface area contributed by atoms with Gasteiger partial charge in [0.05, 0.1) is 5.56 Å². The Balaban J connectivity index is 2.34. The van der Waals surface area contributed by atoms with Gasteiger partial charge in [-0.05, 0) is 44.9 Å². The van der Waals surface area contributed by atoms with Crippen LogP contribution in [0.1, 0.15) is 47.1 Å². The first-order valence-electron chi connectivity index (χ1n) is 7.59. The highest BCUT2D eigenvalue weighted by Gasteiger charge is 2.16. The second kappa shape index (κ2) is 6.61. The average Bonchev–Trinajstić information content (AvgIpc) is 2.75. The molecule has 1 heterocycles. The Morgan fingerprint density at radius 2 is 1.90 bits per heavy atom. The Morgan fingerprint density at radius 3 is 2.57 bits per heavy atom. The van der Waals surface area contributed by atoms with Crippen molar-refractivity contribution in [1.29, 1.82) is 0 Å². The minimum absolute atomic E-state index is 0.0244. The molecule has 1 amide bonds. The lowest BCUT2D eigenvalue weighted by Crippen LogP contribution is -2.24. The Labute approximate surface area is 127 Å². The van der Waals surface area contributed by atoms with Crippen LogP contribution in [0.15, 0.2) is 30.3 Å². The standard InChI is InChI=1S/C18H24N2O/c1-5-6-11-19-18(21)16-12-14(3)20(15(16)4)17-10-8-7-9-13(17)2/h7-10,12H,5-6,11H2,1-4H3,(H,19,21). The van der Waals surface area contributed by atoms with E-state index in [1.54, 1.807) is 0 Å². The minimum atomic E-state index is 0.0244. The molecule has 0 saturated heterocycles. The Hall–Kier alpha value is -2.03. The van der Waals surface area contributed by atoms with Gasteiger partial charge in [0.15, 0.2) is 0 Å². The Bertz CT molecular complexity index is 641. The SMILES string of the molecule is CCCCNC(=O)c1cc(C)n(-c2ccccc2C)c1C. The number of aryl methyl sites for hydroxylation is 2. The molecule has 1 aromatic carbocycles. The van der Waals surface area contributed by atoms with E-state index in [9.17, 15) is 4.79 Å². The van der Waals surface area contributed by atoms with Crippen LogP contribution >= 0.6 is 0 Å². The smallest absolute Gasteiger partial charge is 0.253 e. The zero-order valence-electron chi connectivity index (χ0n) is 13.4. The number of benzene rings is 1. The van der Waals surface area contributed by atoms with Crippen molar-refractivity contribution in [2.24, 2.45) is 0 Å². The van der Waals surface area contributed by atoms with Gasteiger partial charge in [-0.3, -0.25) is 4.79 Å². The number of rotatable bonds is 5. The number of nitrogens with zero attached hydrogens (tertiary/aromatic N) is 1. The summed E-state index contributed by atoms with van der Waals surface area (Å²) in [5.74, 6) is 0.0244. The molecular formula is C18H24N2O. The molecule has 3 heteroatoms. The second-order valence-electron chi connectivity index (χ2n) is 5.52. The molecule has 21 heavy (non-hydrogen) atoms. The number of unbranched alkanes of at least 4 members (excludes halogenated alkanes) is 1. The van der Waals surface area contributed by atoms with E-state index in [1.807, 2.05) is 32.0 Å². The van der Waals surface area contributed by atoms with E-state index in [4.69, 9.17) is 0 Å². The lowest BCUT2D eigenvalue weighted by atomic mass is 10.2. The topological polar surface area (TPSA) is 34.0 Å². The summed E-state index contributed by atoms with van der Waals surface area (Å²) in [6.07, 6.45) is 2.10. The molecule has 0 aliphatic heterocycles. The average molecular weight is 284 g/mol. The maximum absolute atomic E-state index is 12.3. The van der Waals surface area contributed by atoms with Gasteiger partial charge in [0.2, 0.25) is 0 Å². The van der Waals surface area contributed by atoms with Crippen molar-refractivity contribution in [2.75, 3.05) is 6.54 Å². The number of para-hydroxylation sites is 1. The summed E-state index contributed by atoms with van der Waals surface area (Å²) in [5.41, 5.74) is 5.20. The van der Waals surface area contributed by atoms with Gasteiger partial charge in [-0.2, -0.15) is 0 Å². The maximum Gasteiger partial charge on any atom is 0.253 e. The van der Waals surface area contributed by atoms with E-state index in [-0.39, 0.29) is 5.91 Å². The predicted octanol–water partition coefficient (Wildman–Crippen LogP) is 3.93. The van der Waals surface area contributed by atoms with Gasteiger partial charge in [0, 0.05) is 23.6 Å². The van der Waals surface area contributed by atoms with Crippen molar-refractivity contribution in [3.8, 4) is 5.69 Å². The van der Waals surface area contributed by atoms with Crippen LogP contribution in [0.3, 0.4) is 0 Å². The third kappa shape index (κ3) is 3.18. The van der Waals surface area contributed by atoms with E-state index < -0.39 is 0 Å². The molecule has 2 aromatic rings. The normalized spacial score (nSPS) is 10.7. The fourth-order valence-electron chi connectivity index (χ4n) is 2.65. The molecule has 0 aliphatic carbocycles. The molecule has 0 fully saturated rings. The Morgan fingerprint density at radius 1 is 1.19 bits per heavy atom. The summed E-state index contributed by atoms with van der Waals surface area (Å²) >= 11 is 0. The van der Waals surface area contributed by atoms with Crippen LogP contribution in [0.25, 0.3) is 5.69 Å². The molecule has 0 saturated carbocycles. The highest BCUT2D eigenvalue weighted by Crippen LogP contribution is 2.23. The van der Waals surface area contributed by atoms with Gasteiger partial charge in [-0.1, -0.05) is 31.5 Å². The summed E-state index contributed by atoms with van der Waals surface area (Å²) in [7, 11) is 0. The largest absolute Gasteiger partial charge is 0.352 e. The highest BCUT2D eigenvalue weighted by molar-refractivity contribution is 5.95. The van der Waals surface area contributed by atoms with Crippen LogP contribution in [0.5, 0.6) is 0 Å². The second-order valence-corrected chi connectivity index (χ2v) is 5.52. The van der Waals surface area contributed by atoms with Crippen molar-refractivity contribution in [1.82, 2.24) is 9.88 Å². The Kier molecular flexibility index (Phi) is 4.84. The fraction of sp³-hybridized carbons (Fsp3) is 0.389. The van der Waals surface area contributed by atoms with Crippen LogP contribution in [0, 0.1) is 20.8 Å². The number of aromatic nitrogens is 1. The van der Waals surface area contributed by atoms with Crippen molar-refractivity contribution >= 4 is 5.91 Å². The molecule has 112 valence electrons. The number of hydrogen-bond donors (Lipinski definition) is 1. The molecule has 0 unspecified atom stereocenters. The van der Waals surface area contributed by atoms with Gasteiger partial charge in [0.1, 0.15) is 0 Å². The minimum Gasteiger partial charge on any atom is -0.352 e. The lowest BCUT2D eigenvalue weighted by molar-refractivity contribution is 0.0952. The molecule has 2 rings (SSSR count). The predicted molar refractivity (Wildman–Crippen MR) is 87.2 cm³/mol. The van der Waals surface area contributed by atoms with Crippen molar-refractivity contribution in [3.05, 3.63) is 52.8 Å². The van der Waals surface area contributed by atoms with E-state index in [0.29, 0.717) is 0 Å². The van der Waals surface area contributed by atoms with Gasteiger partial charge < -0.3 is 9.88 Å². The first-order valence-corrected chi connectivity index (χ1v) is 7.59. The van der Waals surface area contributed by atoms with Crippen LogP contribution < -0.4 is 5.32 Å². The molecule has 0 aliphatic rings. The van der Waals surface area contributed by atoms with E-state index >= 15 is 0 Å². The monoisotopic (exact) mass is 284 g/mol. The number of carbonyl (C=O) groups excluding carboxylic acids is 1. The summed E-state index contributed by atoms with van der Waals surface area (Å²) in [5, 5.41) is 3.00. The first-order chi connectivity index (χ1) is 10.1. The molecule has 3 nitrogen and oxygen atoms in total. The molecule has 1 aromatic heterocycles. The number of nitrogens with one attached hydrogen (secondary N) is 1. The summed E-state index contributed by atoms with van der Waals surface area (Å²) in [6, 6.07) is 10.2. The van der Waals surface area contributed by atoms with Gasteiger partial charge in [-0.25, -0.2) is 0 Å². The fourth-order valence-corrected chi connectivity index (χ4v) is 2.65. The molecule has 0 atom stereocenters. The van der Waals surface area contributed by atoms with Gasteiger partial charge >= 0.3 is 0 Å². The first kappa shape index (κ1) is 15.4. The summed E-state index contributed by atoms with van der Waals surface area (Å²) in [4.78, 5) is 12.3. The zero-order chi connectivity index (χ0) is 15.4. The van der Waals surface area contributed by atoms with Gasteiger partial charge in [-0.15, -0.1) is 0 Å². The summed E-state index contributed by atoms with van der Waals surface area (Å²) < 4.78 is 2.16. The molecule has 0 spiro atoms. The summed E-state index contributed by atoms with van der Waals surface area (Å²) in [6.45, 7) is 9.01. The van der Waals surface area contributed by atoms with Gasteiger partial charge in [0.25, 0.3) is 5.91 Å². The number of hydrogen-bond acceptors (Lipinski definition) is 1. The van der Waals surface area contributed by atoms with Crippen molar-refractivity contribution in [2.45, 2.75) is 40.5 Å². The number of carbonyl (C=O) groups is 1. The van der Waals surface area contributed by atoms with Crippen LogP contribution in [0.4, 0.5) is 0 Å². The van der Waals surface area contributed by atoms with Crippen LogP contribution in [0.2, 0.25) is 0 Å². The molecule has 0 radical (unpaired) electrons. The van der Waals surface area contributed by atoms with Crippen molar-refractivity contribution in [3.63, 3.8) is 0 Å². The van der Waals surface area contributed by atoms with E-state index in [2.05, 4.69) is 35.9 Å². The quantitative estimate of drug-likeness (QED) is 0.829.